The highest BCUT2D eigenvalue weighted by atomic mass is 16.1. The van der Waals surface area contributed by atoms with Gasteiger partial charge in [0.05, 0.1) is 23.5 Å². The average molecular weight is 451 g/mol. The molecular formula is C29H30N4O. The first-order chi connectivity index (χ1) is 16.7. The van der Waals surface area contributed by atoms with Gasteiger partial charge in [0.25, 0.3) is 5.56 Å². The molecule has 5 nitrogen and oxygen atoms in total. The Bertz CT molecular complexity index is 1400. The van der Waals surface area contributed by atoms with Crippen LogP contribution in [-0.2, 0) is 12.8 Å². The van der Waals surface area contributed by atoms with Crippen molar-refractivity contribution in [2.75, 3.05) is 0 Å². The largest absolute Gasteiger partial charge is 0.290 e. The number of benzene rings is 2. The number of hydrogen-bond donors (Lipinski definition) is 0. The molecule has 1 fully saturated rings. The number of nitriles is 1. The minimum atomic E-state index is 0.141. The second kappa shape index (κ2) is 9.69. The normalized spacial score (nSPS) is 14.4. The van der Waals surface area contributed by atoms with Crippen molar-refractivity contribution in [1.82, 2.24) is 14.2 Å². The average Bonchev–Trinajstić information content (AvgIpc) is 3.36. The predicted molar refractivity (Wildman–Crippen MR) is 135 cm³/mol. The van der Waals surface area contributed by atoms with Gasteiger partial charge in [0.1, 0.15) is 5.65 Å². The Morgan fingerprint density at radius 2 is 1.79 bits per heavy atom. The van der Waals surface area contributed by atoms with Gasteiger partial charge in [-0.1, -0.05) is 75.1 Å². The highest BCUT2D eigenvalue weighted by Gasteiger charge is 2.24. The molecule has 0 amide bonds. The molecule has 0 aliphatic heterocycles. The van der Waals surface area contributed by atoms with Gasteiger partial charge in [0, 0.05) is 24.1 Å². The second-order valence-electron chi connectivity index (χ2n) is 9.27. The summed E-state index contributed by atoms with van der Waals surface area (Å²) in [5.41, 5.74) is 6.65. The summed E-state index contributed by atoms with van der Waals surface area (Å²) < 4.78 is 4.03. The molecule has 2 aromatic carbocycles. The lowest BCUT2D eigenvalue weighted by atomic mass is 9.94. The van der Waals surface area contributed by atoms with Gasteiger partial charge in [-0.3, -0.25) is 9.36 Å². The quantitative estimate of drug-likeness (QED) is 0.357. The zero-order valence-electron chi connectivity index (χ0n) is 19.7. The van der Waals surface area contributed by atoms with Crippen molar-refractivity contribution in [2.45, 2.75) is 64.3 Å². The molecule has 4 aromatic rings. The van der Waals surface area contributed by atoms with Crippen LogP contribution in [0.2, 0.25) is 0 Å². The van der Waals surface area contributed by atoms with Crippen molar-refractivity contribution in [3.8, 4) is 17.2 Å². The molecule has 0 atom stereocenters. The molecule has 2 aromatic heterocycles. The summed E-state index contributed by atoms with van der Waals surface area (Å²) in [4.78, 5) is 13.9. The third-order valence-electron chi connectivity index (χ3n) is 7.07. The van der Waals surface area contributed by atoms with Crippen LogP contribution in [0.5, 0.6) is 0 Å². The fraction of sp³-hybridized carbons (Fsp3) is 0.345. The summed E-state index contributed by atoms with van der Waals surface area (Å²) in [5.74, 6) is 0. The predicted octanol–water partition coefficient (Wildman–Crippen LogP) is 6.08. The summed E-state index contributed by atoms with van der Waals surface area (Å²) in [6.45, 7) is 2.15. The van der Waals surface area contributed by atoms with Gasteiger partial charge in [-0.15, -0.1) is 0 Å². The van der Waals surface area contributed by atoms with Crippen molar-refractivity contribution in [2.24, 2.45) is 0 Å². The molecule has 0 N–H and O–H groups in total. The summed E-state index contributed by atoms with van der Waals surface area (Å²) in [7, 11) is 0. The van der Waals surface area contributed by atoms with E-state index in [9.17, 15) is 10.1 Å². The Labute approximate surface area is 200 Å². The Kier molecular flexibility index (Phi) is 6.31. The van der Waals surface area contributed by atoms with E-state index in [0.29, 0.717) is 12.0 Å². The van der Waals surface area contributed by atoms with E-state index in [-0.39, 0.29) is 11.6 Å². The first kappa shape index (κ1) is 22.2. The zero-order valence-corrected chi connectivity index (χ0v) is 19.7. The third-order valence-corrected chi connectivity index (χ3v) is 7.07. The number of rotatable bonds is 6. The van der Waals surface area contributed by atoms with Gasteiger partial charge in [-0.05, 0) is 42.0 Å². The lowest BCUT2D eigenvalue weighted by Gasteiger charge is -2.26. The molecule has 0 spiro atoms. The Hall–Kier alpha value is -3.65. The van der Waals surface area contributed by atoms with Crippen LogP contribution < -0.4 is 5.56 Å². The number of nitrogens with zero attached hydrogens (tertiary/aromatic N) is 4. The highest BCUT2D eigenvalue weighted by Crippen LogP contribution is 2.30. The minimum Gasteiger partial charge on any atom is -0.290 e. The highest BCUT2D eigenvalue weighted by molar-refractivity contribution is 5.70. The zero-order chi connectivity index (χ0) is 23.5. The van der Waals surface area contributed by atoms with Crippen LogP contribution in [0.25, 0.3) is 16.8 Å². The summed E-state index contributed by atoms with van der Waals surface area (Å²) in [6, 6.07) is 20.4. The Morgan fingerprint density at radius 3 is 2.53 bits per heavy atom. The van der Waals surface area contributed by atoms with Gasteiger partial charge in [-0.25, -0.2) is 4.52 Å². The molecular weight excluding hydrogens is 420 g/mol. The molecule has 1 aliphatic carbocycles. The van der Waals surface area contributed by atoms with Crippen molar-refractivity contribution >= 4 is 5.65 Å². The summed E-state index contributed by atoms with van der Waals surface area (Å²) >= 11 is 0. The van der Waals surface area contributed by atoms with Gasteiger partial charge in [0.15, 0.2) is 0 Å². The molecule has 0 bridgehead atoms. The van der Waals surface area contributed by atoms with E-state index in [0.717, 1.165) is 59.3 Å². The molecule has 0 radical (unpaired) electrons. The standard InChI is InChI=1S/C29H30N4O/c1-2-8-27-26(19-21-13-15-22(16-14-21)25-12-7-6-9-23(25)20-30)29(34)32(24-10-4-3-5-11-24)28-17-18-31-33(27)28/h6-7,9,12-18,24H,2-5,8,10-11,19H2,1H3. The number of aromatic nitrogens is 3. The van der Waals surface area contributed by atoms with Gasteiger partial charge in [-0.2, -0.15) is 10.4 Å². The second-order valence-corrected chi connectivity index (χ2v) is 9.27. The topological polar surface area (TPSA) is 63.1 Å². The lowest BCUT2D eigenvalue weighted by molar-refractivity contribution is 0.349. The Morgan fingerprint density at radius 1 is 1.03 bits per heavy atom. The molecule has 34 heavy (non-hydrogen) atoms. The summed E-state index contributed by atoms with van der Waals surface area (Å²) in [5, 5.41) is 14.1. The first-order valence-electron chi connectivity index (χ1n) is 12.4. The Balaban J connectivity index is 1.57. The van der Waals surface area contributed by atoms with Crippen LogP contribution in [-0.4, -0.2) is 14.2 Å². The SMILES string of the molecule is CCCc1c(Cc2ccc(-c3ccccc3C#N)cc2)c(=O)n(C2CCCCC2)c2ccnn12. The maximum Gasteiger partial charge on any atom is 0.257 e. The van der Waals surface area contributed by atoms with E-state index in [1.165, 1.54) is 19.3 Å². The molecule has 1 saturated carbocycles. The maximum atomic E-state index is 13.9. The van der Waals surface area contributed by atoms with Gasteiger partial charge >= 0.3 is 0 Å². The number of hydrogen-bond acceptors (Lipinski definition) is 3. The molecule has 0 saturated heterocycles. The molecule has 5 rings (SSSR count). The van der Waals surface area contributed by atoms with E-state index >= 15 is 0 Å². The first-order valence-corrected chi connectivity index (χ1v) is 12.4. The van der Waals surface area contributed by atoms with E-state index in [2.05, 4.69) is 42.4 Å². The number of fused-ring (bicyclic) bond motifs is 1. The van der Waals surface area contributed by atoms with Crippen LogP contribution in [0.15, 0.2) is 65.6 Å². The van der Waals surface area contributed by atoms with Crippen LogP contribution in [0.3, 0.4) is 0 Å². The fourth-order valence-corrected chi connectivity index (χ4v) is 5.39. The van der Waals surface area contributed by atoms with Gasteiger partial charge in [0.2, 0.25) is 0 Å². The monoisotopic (exact) mass is 450 g/mol. The van der Waals surface area contributed by atoms with Crippen molar-refractivity contribution in [3.05, 3.63) is 93.5 Å². The van der Waals surface area contributed by atoms with Crippen LogP contribution in [0.1, 0.15) is 73.9 Å². The van der Waals surface area contributed by atoms with Crippen molar-refractivity contribution in [3.63, 3.8) is 0 Å². The van der Waals surface area contributed by atoms with Crippen molar-refractivity contribution in [1.29, 1.82) is 5.26 Å². The van der Waals surface area contributed by atoms with E-state index in [1.807, 2.05) is 45.6 Å². The van der Waals surface area contributed by atoms with Crippen molar-refractivity contribution < 1.29 is 0 Å². The molecule has 0 unspecified atom stereocenters. The molecule has 5 heteroatoms. The van der Waals surface area contributed by atoms with Crippen LogP contribution >= 0.6 is 0 Å². The van der Waals surface area contributed by atoms with E-state index in [1.54, 1.807) is 0 Å². The van der Waals surface area contributed by atoms with E-state index in [4.69, 9.17) is 0 Å². The summed E-state index contributed by atoms with van der Waals surface area (Å²) in [6.07, 6.45) is 9.89. The maximum absolute atomic E-state index is 13.9. The molecule has 172 valence electrons. The lowest BCUT2D eigenvalue weighted by Crippen LogP contribution is -2.32. The fourth-order valence-electron chi connectivity index (χ4n) is 5.39. The minimum absolute atomic E-state index is 0.141. The van der Waals surface area contributed by atoms with E-state index < -0.39 is 0 Å². The van der Waals surface area contributed by atoms with Gasteiger partial charge < -0.3 is 0 Å². The molecule has 2 heterocycles. The third kappa shape index (κ3) is 4.05. The smallest absolute Gasteiger partial charge is 0.257 e. The van der Waals surface area contributed by atoms with Crippen LogP contribution in [0, 0.1) is 11.3 Å². The number of aryl methyl sites for hydroxylation is 1. The van der Waals surface area contributed by atoms with Crippen LogP contribution in [0.4, 0.5) is 0 Å². The molecule has 1 aliphatic rings.